The van der Waals surface area contributed by atoms with E-state index in [1.807, 2.05) is 67.9 Å². The molecule has 0 radical (unpaired) electrons. The van der Waals surface area contributed by atoms with E-state index in [0.29, 0.717) is 6.54 Å². The molecule has 1 aromatic heterocycles. The summed E-state index contributed by atoms with van der Waals surface area (Å²) >= 11 is 1.64. The summed E-state index contributed by atoms with van der Waals surface area (Å²) in [5, 5.41) is 3.22. The van der Waals surface area contributed by atoms with Gasteiger partial charge in [0, 0.05) is 13.1 Å². The molecule has 23 heavy (non-hydrogen) atoms. The highest BCUT2D eigenvalue weighted by Gasteiger charge is 2.12. The van der Waals surface area contributed by atoms with Gasteiger partial charge in [0.15, 0.2) is 0 Å². The van der Waals surface area contributed by atoms with Gasteiger partial charge in [-0.1, -0.05) is 49.6 Å². The van der Waals surface area contributed by atoms with Crippen LogP contribution in [0.3, 0.4) is 0 Å². The van der Waals surface area contributed by atoms with Crippen LogP contribution in [0.2, 0.25) is 0 Å². The number of para-hydroxylation sites is 3. The van der Waals surface area contributed by atoms with Gasteiger partial charge in [0.05, 0.1) is 27.8 Å². The minimum absolute atomic E-state index is 0.0505. The first kappa shape index (κ1) is 15.8. The highest BCUT2D eigenvalue weighted by molar-refractivity contribution is 7.13. The van der Waals surface area contributed by atoms with Gasteiger partial charge in [0.2, 0.25) is 5.91 Å². The number of hydrogen-bond acceptors (Lipinski definition) is 3. The number of aromatic nitrogens is 2. The Kier molecular flexibility index (Phi) is 4.50. The largest absolute Gasteiger partial charge is 0.306 e. The van der Waals surface area contributed by atoms with Crippen LogP contribution in [-0.2, 0) is 7.05 Å². The van der Waals surface area contributed by atoms with Crippen molar-refractivity contribution in [1.82, 2.24) is 13.8 Å². The predicted molar refractivity (Wildman–Crippen MR) is 97.7 cm³/mol. The van der Waals surface area contributed by atoms with Crippen molar-refractivity contribution in [3.05, 3.63) is 48.5 Å². The van der Waals surface area contributed by atoms with E-state index in [2.05, 4.69) is 15.3 Å². The lowest BCUT2D eigenvalue weighted by atomic mass is 10.2. The van der Waals surface area contributed by atoms with Gasteiger partial charge in [0.25, 0.3) is 0 Å². The second-order valence-corrected chi connectivity index (χ2v) is 6.98. The summed E-state index contributed by atoms with van der Waals surface area (Å²) < 4.78 is 5.01. The molecule has 120 valence electrons. The summed E-state index contributed by atoms with van der Waals surface area (Å²) in [5.41, 5.74) is 2.89. The fourth-order valence-electron chi connectivity index (χ4n) is 2.60. The van der Waals surface area contributed by atoms with Crippen LogP contribution in [0.25, 0.3) is 21.3 Å². The van der Waals surface area contributed by atoms with E-state index in [1.54, 1.807) is 11.5 Å². The van der Waals surface area contributed by atoms with Crippen LogP contribution in [0.5, 0.6) is 0 Å². The molecule has 0 spiro atoms. The lowest BCUT2D eigenvalue weighted by Crippen LogP contribution is -2.32. The summed E-state index contributed by atoms with van der Waals surface area (Å²) in [6.07, 6.45) is 0. The Morgan fingerprint density at radius 1 is 1.04 bits per heavy atom. The van der Waals surface area contributed by atoms with Gasteiger partial charge < -0.3 is 5.32 Å². The number of fused-ring (bicyclic) bond motifs is 2. The minimum atomic E-state index is 0.0505. The molecular weight excluding hydrogens is 306 g/mol. The monoisotopic (exact) mass is 327 g/mol. The van der Waals surface area contributed by atoms with Crippen molar-refractivity contribution in [1.29, 1.82) is 0 Å². The van der Waals surface area contributed by atoms with Gasteiger partial charge >= 0.3 is 0 Å². The molecule has 3 aromatic rings. The molecule has 0 saturated heterocycles. The van der Waals surface area contributed by atoms with Crippen molar-refractivity contribution in [3.63, 3.8) is 0 Å². The predicted octanol–water partition coefficient (Wildman–Crippen LogP) is 3.96. The summed E-state index contributed by atoms with van der Waals surface area (Å²) in [4.78, 5) is 12.9. The second kappa shape index (κ2) is 6.56. The van der Waals surface area contributed by atoms with E-state index in [4.69, 9.17) is 0 Å². The number of hydrogen-bond donors (Lipinski definition) is 1. The van der Waals surface area contributed by atoms with Crippen molar-refractivity contribution >= 4 is 38.7 Å². The van der Waals surface area contributed by atoms with Crippen LogP contribution in [-0.4, -0.2) is 27.0 Å². The Morgan fingerprint density at radius 2 is 1.65 bits per heavy atom. The molecule has 0 aliphatic carbocycles. The molecule has 3 rings (SSSR count). The summed E-state index contributed by atoms with van der Waals surface area (Å²) in [6, 6.07) is 16.3. The Bertz CT molecular complexity index is 899. The topological polar surface area (TPSA) is 39.0 Å². The standard InChI is InChI=1S/C18H21N3OS/c1-13(2)19-12-18(22)21-15-9-5-4-8-14(15)20(3)23-17-11-7-6-10-16(17)21/h4-11,13,19H,12H2,1-3H3. The van der Waals surface area contributed by atoms with Crippen LogP contribution in [0.4, 0.5) is 0 Å². The van der Waals surface area contributed by atoms with Crippen molar-refractivity contribution in [2.24, 2.45) is 7.05 Å². The molecule has 2 aromatic carbocycles. The van der Waals surface area contributed by atoms with E-state index in [-0.39, 0.29) is 11.9 Å². The molecule has 0 atom stereocenters. The zero-order chi connectivity index (χ0) is 16.4. The van der Waals surface area contributed by atoms with Crippen molar-refractivity contribution in [2.75, 3.05) is 6.54 Å². The average molecular weight is 327 g/mol. The lowest BCUT2D eigenvalue weighted by molar-refractivity contribution is 0.0919. The number of aryl methyl sites for hydroxylation is 1. The van der Waals surface area contributed by atoms with E-state index in [1.165, 1.54) is 0 Å². The van der Waals surface area contributed by atoms with Gasteiger partial charge in [-0.3, -0.25) is 13.3 Å². The van der Waals surface area contributed by atoms with Gasteiger partial charge in [-0.25, -0.2) is 0 Å². The van der Waals surface area contributed by atoms with Crippen molar-refractivity contribution < 1.29 is 4.79 Å². The number of carbonyl (C=O) groups excluding carboxylic acids is 1. The maximum Gasteiger partial charge on any atom is 0.245 e. The first-order valence-corrected chi connectivity index (χ1v) is 8.51. The van der Waals surface area contributed by atoms with Gasteiger partial charge in [-0.2, -0.15) is 0 Å². The first-order chi connectivity index (χ1) is 11.1. The molecule has 5 heteroatoms. The van der Waals surface area contributed by atoms with Crippen molar-refractivity contribution in [3.8, 4) is 0 Å². The number of rotatable bonds is 3. The minimum Gasteiger partial charge on any atom is -0.306 e. The Labute approximate surface area is 139 Å². The van der Waals surface area contributed by atoms with Crippen LogP contribution < -0.4 is 5.32 Å². The van der Waals surface area contributed by atoms with Gasteiger partial charge in [0.1, 0.15) is 0 Å². The van der Waals surface area contributed by atoms with Gasteiger partial charge in [-0.15, -0.1) is 0 Å². The van der Waals surface area contributed by atoms with Crippen LogP contribution >= 0.6 is 11.5 Å². The lowest BCUT2D eigenvalue weighted by Gasteiger charge is -2.12. The van der Waals surface area contributed by atoms with E-state index in [9.17, 15) is 4.79 Å². The summed E-state index contributed by atoms with van der Waals surface area (Å²) in [6.45, 7) is 4.40. The third-order valence-corrected chi connectivity index (χ3v) is 4.73. The highest BCUT2D eigenvalue weighted by atomic mass is 32.1. The van der Waals surface area contributed by atoms with E-state index >= 15 is 0 Å². The Balaban J connectivity index is 2.35. The van der Waals surface area contributed by atoms with Crippen molar-refractivity contribution in [2.45, 2.75) is 19.9 Å². The van der Waals surface area contributed by atoms with Crippen LogP contribution in [0.15, 0.2) is 48.5 Å². The molecule has 0 aliphatic heterocycles. The average Bonchev–Trinajstić information content (AvgIpc) is 2.67. The number of benzene rings is 2. The smallest absolute Gasteiger partial charge is 0.245 e. The summed E-state index contributed by atoms with van der Waals surface area (Å²) in [7, 11) is 2.03. The fraction of sp³-hybridized carbons (Fsp3) is 0.278. The third kappa shape index (κ3) is 3.16. The Hall–Kier alpha value is -2.11. The fourth-order valence-corrected chi connectivity index (χ4v) is 3.54. The third-order valence-electron chi connectivity index (χ3n) is 3.71. The van der Waals surface area contributed by atoms with E-state index < -0.39 is 0 Å². The second-order valence-electron chi connectivity index (χ2n) is 5.81. The normalized spacial score (nSPS) is 11.3. The SMILES string of the molecule is CC(C)NCC(=O)n1c2ccccc2sn(C)c2ccccc21. The van der Waals surface area contributed by atoms with E-state index in [0.717, 1.165) is 21.3 Å². The number of nitrogens with zero attached hydrogens (tertiary/aromatic N) is 2. The van der Waals surface area contributed by atoms with Crippen LogP contribution in [0, 0.1) is 0 Å². The van der Waals surface area contributed by atoms with Gasteiger partial charge in [-0.05, 0) is 24.3 Å². The molecule has 0 amide bonds. The Morgan fingerprint density at radius 3 is 2.35 bits per heavy atom. The maximum atomic E-state index is 12.9. The highest BCUT2D eigenvalue weighted by Crippen LogP contribution is 2.23. The molecule has 0 bridgehead atoms. The number of nitrogens with one attached hydrogen (secondary N) is 1. The summed E-state index contributed by atoms with van der Waals surface area (Å²) in [5.74, 6) is 0.0505. The zero-order valence-electron chi connectivity index (χ0n) is 13.6. The number of carbonyl (C=O) groups is 1. The molecular formula is C18H21N3OS. The first-order valence-electron chi connectivity index (χ1n) is 7.74. The molecule has 1 heterocycles. The molecule has 0 fully saturated rings. The molecule has 0 aliphatic rings. The van der Waals surface area contributed by atoms with Crippen LogP contribution in [0.1, 0.15) is 18.6 Å². The molecule has 0 saturated carbocycles. The zero-order valence-corrected chi connectivity index (χ0v) is 14.4. The maximum absolute atomic E-state index is 12.9. The molecule has 1 N–H and O–H groups in total. The quantitative estimate of drug-likeness (QED) is 0.791. The molecule has 0 unspecified atom stereocenters. The molecule has 4 nitrogen and oxygen atoms in total.